The summed E-state index contributed by atoms with van der Waals surface area (Å²) in [5, 5.41) is 9.42. The van der Waals surface area contributed by atoms with Gasteiger partial charge < -0.3 is 21.5 Å². The lowest BCUT2D eigenvalue weighted by Gasteiger charge is -2.32. The first-order chi connectivity index (χ1) is 10.1. The van der Waals surface area contributed by atoms with Gasteiger partial charge in [-0.3, -0.25) is 0 Å². The maximum Gasteiger partial charge on any atom is 0.220 e. The van der Waals surface area contributed by atoms with Gasteiger partial charge >= 0.3 is 0 Å². The summed E-state index contributed by atoms with van der Waals surface area (Å²) >= 11 is 0. The standard InChI is InChI=1S/C15H19N5O/c16-11-5-7-20(8-6-11)13-9-18-15(17)19-14(13)10-1-3-12(21)4-2-10/h1-4,9,11,21H,5-8,16H2,(H2,17,18,19). The predicted octanol–water partition coefficient (Wildman–Crippen LogP) is 1.36. The van der Waals surface area contributed by atoms with Crippen LogP contribution in [0.25, 0.3) is 11.3 Å². The number of phenolic OH excluding ortho intramolecular Hbond substituents is 1. The summed E-state index contributed by atoms with van der Waals surface area (Å²) in [7, 11) is 0. The van der Waals surface area contributed by atoms with E-state index in [-0.39, 0.29) is 17.7 Å². The minimum Gasteiger partial charge on any atom is -0.508 e. The summed E-state index contributed by atoms with van der Waals surface area (Å²) in [5.41, 5.74) is 14.4. The number of hydrogen-bond donors (Lipinski definition) is 3. The van der Waals surface area contributed by atoms with E-state index in [0.29, 0.717) is 0 Å². The third-order valence-electron chi connectivity index (χ3n) is 3.81. The van der Waals surface area contributed by atoms with Gasteiger partial charge in [0.05, 0.1) is 17.6 Å². The molecule has 2 aromatic rings. The quantitative estimate of drug-likeness (QED) is 0.770. The Morgan fingerprint density at radius 1 is 1.14 bits per heavy atom. The molecule has 0 atom stereocenters. The van der Waals surface area contributed by atoms with E-state index in [4.69, 9.17) is 11.5 Å². The van der Waals surface area contributed by atoms with E-state index in [1.54, 1.807) is 18.3 Å². The smallest absolute Gasteiger partial charge is 0.220 e. The van der Waals surface area contributed by atoms with Crippen molar-refractivity contribution in [2.75, 3.05) is 23.7 Å². The van der Waals surface area contributed by atoms with Crippen LogP contribution in [0.3, 0.4) is 0 Å². The van der Waals surface area contributed by atoms with E-state index < -0.39 is 0 Å². The summed E-state index contributed by atoms with van der Waals surface area (Å²) in [5.74, 6) is 0.474. The van der Waals surface area contributed by atoms with Gasteiger partial charge in [-0.05, 0) is 37.1 Å². The molecular weight excluding hydrogens is 266 g/mol. The molecule has 110 valence electrons. The van der Waals surface area contributed by atoms with E-state index in [1.807, 2.05) is 12.1 Å². The van der Waals surface area contributed by atoms with Gasteiger partial charge in [0.2, 0.25) is 5.95 Å². The number of nitrogens with zero attached hydrogens (tertiary/aromatic N) is 3. The molecule has 0 spiro atoms. The molecule has 21 heavy (non-hydrogen) atoms. The minimum absolute atomic E-state index is 0.228. The first kappa shape index (κ1) is 13.6. The van der Waals surface area contributed by atoms with Crippen LogP contribution in [-0.2, 0) is 0 Å². The number of piperidine rings is 1. The average molecular weight is 285 g/mol. The van der Waals surface area contributed by atoms with Gasteiger partial charge in [-0.15, -0.1) is 0 Å². The van der Waals surface area contributed by atoms with Crippen molar-refractivity contribution in [3.05, 3.63) is 30.5 Å². The van der Waals surface area contributed by atoms with Crippen LogP contribution >= 0.6 is 0 Å². The zero-order chi connectivity index (χ0) is 14.8. The second kappa shape index (κ2) is 5.57. The third-order valence-corrected chi connectivity index (χ3v) is 3.81. The van der Waals surface area contributed by atoms with Crippen LogP contribution in [0.4, 0.5) is 11.6 Å². The lowest BCUT2D eigenvalue weighted by molar-refractivity contribution is 0.475. The molecule has 0 radical (unpaired) electrons. The van der Waals surface area contributed by atoms with Crippen molar-refractivity contribution >= 4 is 11.6 Å². The monoisotopic (exact) mass is 285 g/mol. The van der Waals surface area contributed by atoms with Crippen LogP contribution in [0, 0.1) is 0 Å². The molecule has 1 aliphatic heterocycles. The van der Waals surface area contributed by atoms with Gasteiger partial charge in [-0.1, -0.05) is 0 Å². The number of nitrogen functional groups attached to an aromatic ring is 1. The molecule has 5 N–H and O–H groups in total. The molecule has 1 saturated heterocycles. The summed E-state index contributed by atoms with van der Waals surface area (Å²) in [6, 6.07) is 7.22. The Morgan fingerprint density at radius 3 is 2.48 bits per heavy atom. The van der Waals surface area contributed by atoms with Crippen molar-refractivity contribution in [3.8, 4) is 17.0 Å². The van der Waals surface area contributed by atoms with Crippen molar-refractivity contribution < 1.29 is 5.11 Å². The van der Waals surface area contributed by atoms with Crippen LogP contribution < -0.4 is 16.4 Å². The maximum atomic E-state index is 9.42. The normalized spacial score (nSPS) is 16.1. The molecule has 1 aliphatic rings. The second-order valence-electron chi connectivity index (χ2n) is 5.33. The lowest BCUT2D eigenvalue weighted by Crippen LogP contribution is -2.40. The summed E-state index contributed by atoms with van der Waals surface area (Å²) < 4.78 is 0. The first-order valence-corrected chi connectivity index (χ1v) is 7.06. The van der Waals surface area contributed by atoms with E-state index >= 15 is 0 Å². The molecule has 0 aliphatic carbocycles. The molecule has 1 fully saturated rings. The van der Waals surface area contributed by atoms with Crippen molar-refractivity contribution in [3.63, 3.8) is 0 Å². The molecule has 0 bridgehead atoms. The molecule has 1 aromatic carbocycles. The Balaban J connectivity index is 1.99. The Kier molecular flexibility index (Phi) is 3.62. The number of hydrogen-bond acceptors (Lipinski definition) is 6. The van der Waals surface area contributed by atoms with Crippen LogP contribution in [0.5, 0.6) is 5.75 Å². The molecule has 0 unspecified atom stereocenters. The highest BCUT2D eigenvalue weighted by Crippen LogP contribution is 2.31. The fourth-order valence-corrected chi connectivity index (χ4v) is 2.59. The fourth-order valence-electron chi connectivity index (χ4n) is 2.59. The predicted molar refractivity (Wildman–Crippen MR) is 83.0 cm³/mol. The lowest BCUT2D eigenvalue weighted by atomic mass is 10.0. The van der Waals surface area contributed by atoms with Gasteiger partial charge in [0.25, 0.3) is 0 Å². The van der Waals surface area contributed by atoms with Crippen molar-refractivity contribution in [1.82, 2.24) is 9.97 Å². The van der Waals surface area contributed by atoms with E-state index in [2.05, 4.69) is 14.9 Å². The highest BCUT2D eigenvalue weighted by atomic mass is 16.3. The van der Waals surface area contributed by atoms with Crippen molar-refractivity contribution in [1.29, 1.82) is 0 Å². The van der Waals surface area contributed by atoms with Crippen molar-refractivity contribution in [2.24, 2.45) is 5.73 Å². The van der Waals surface area contributed by atoms with E-state index in [1.165, 1.54) is 0 Å². The first-order valence-electron chi connectivity index (χ1n) is 7.06. The highest BCUT2D eigenvalue weighted by Gasteiger charge is 2.20. The zero-order valence-corrected chi connectivity index (χ0v) is 11.7. The van der Waals surface area contributed by atoms with E-state index in [9.17, 15) is 5.11 Å². The summed E-state index contributed by atoms with van der Waals surface area (Å²) in [6.07, 6.45) is 3.68. The SMILES string of the molecule is Nc1ncc(N2CCC(N)CC2)c(-c2ccc(O)cc2)n1. The Labute approximate surface area is 123 Å². The number of benzene rings is 1. The highest BCUT2D eigenvalue weighted by molar-refractivity contribution is 5.75. The Bertz CT molecular complexity index is 620. The fraction of sp³-hybridized carbons (Fsp3) is 0.333. The van der Waals surface area contributed by atoms with Crippen LogP contribution in [0.1, 0.15) is 12.8 Å². The number of anilines is 2. The molecule has 3 rings (SSSR count). The Hall–Kier alpha value is -2.34. The van der Waals surface area contributed by atoms with Gasteiger partial charge in [0, 0.05) is 24.7 Å². The van der Waals surface area contributed by atoms with Gasteiger partial charge in [0.15, 0.2) is 0 Å². The molecule has 2 heterocycles. The number of phenols is 1. The molecule has 6 nitrogen and oxygen atoms in total. The molecule has 0 saturated carbocycles. The maximum absolute atomic E-state index is 9.42. The zero-order valence-electron chi connectivity index (χ0n) is 11.7. The van der Waals surface area contributed by atoms with Gasteiger partial charge in [-0.25, -0.2) is 9.97 Å². The number of rotatable bonds is 2. The van der Waals surface area contributed by atoms with Crippen LogP contribution in [0.2, 0.25) is 0 Å². The number of nitrogens with two attached hydrogens (primary N) is 2. The third kappa shape index (κ3) is 2.90. The average Bonchev–Trinajstić information content (AvgIpc) is 2.49. The van der Waals surface area contributed by atoms with Gasteiger partial charge in [-0.2, -0.15) is 0 Å². The summed E-state index contributed by atoms with van der Waals surface area (Å²) in [6.45, 7) is 1.78. The summed E-state index contributed by atoms with van der Waals surface area (Å²) in [4.78, 5) is 10.7. The molecule has 0 amide bonds. The molecular formula is C15H19N5O. The molecule has 6 heteroatoms. The number of aromatic nitrogens is 2. The van der Waals surface area contributed by atoms with E-state index in [0.717, 1.165) is 42.9 Å². The minimum atomic E-state index is 0.228. The molecule has 1 aromatic heterocycles. The van der Waals surface area contributed by atoms with Crippen molar-refractivity contribution in [2.45, 2.75) is 18.9 Å². The second-order valence-corrected chi connectivity index (χ2v) is 5.33. The topological polar surface area (TPSA) is 101 Å². The van der Waals surface area contributed by atoms with Gasteiger partial charge in [0.1, 0.15) is 5.75 Å². The Morgan fingerprint density at radius 2 is 1.81 bits per heavy atom. The number of aromatic hydroxyl groups is 1. The largest absolute Gasteiger partial charge is 0.508 e. The van der Waals surface area contributed by atoms with Crippen LogP contribution in [0.15, 0.2) is 30.5 Å². The van der Waals surface area contributed by atoms with Crippen LogP contribution in [-0.4, -0.2) is 34.2 Å².